The predicted molar refractivity (Wildman–Crippen MR) is 102 cm³/mol. The second-order valence-electron chi connectivity index (χ2n) is 6.43. The second kappa shape index (κ2) is 7.87. The quantitative estimate of drug-likeness (QED) is 0.740. The number of aromatic nitrogens is 1. The van der Waals surface area contributed by atoms with Gasteiger partial charge in [0, 0.05) is 17.5 Å². The Kier molecular flexibility index (Phi) is 5.73. The summed E-state index contributed by atoms with van der Waals surface area (Å²) in [6.45, 7) is 3.89. The van der Waals surface area contributed by atoms with Crippen molar-refractivity contribution in [2.45, 2.75) is 44.2 Å². The second-order valence-corrected chi connectivity index (χ2v) is 9.38. The first-order chi connectivity index (χ1) is 12.8. The van der Waals surface area contributed by atoms with Gasteiger partial charge in [0.2, 0.25) is 15.9 Å². The van der Waals surface area contributed by atoms with E-state index in [1.54, 1.807) is 0 Å². The molecule has 27 heavy (non-hydrogen) atoms. The highest BCUT2D eigenvalue weighted by Crippen LogP contribution is 2.26. The van der Waals surface area contributed by atoms with Crippen LogP contribution in [0.2, 0.25) is 0 Å². The van der Waals surface area contributed by atoms with Gasteiger partial charge in [-0.25, -0.2) is 13.4 Å². The number of nitrogens with zero attached hydrogens (tertiary/aromatic N) is 2. The third-order valence-electron chi connectivity index (χ3n) is 4.48. The van der Waals surface area contributed by atoms with E-state index < -0.39 is 16.1 Å². The number of ketones is 1. The van der Waals surface area contributed by atoms with Gasteiger partial charge in [0.1, 0.15) is 6.04 Å². The minimum atomic E-state index is -3.81. The largest absolute Gasteiger partial charge is 0.349 e. The van der Waals surface area contributed by atoms with Crippen molar-refractivity contribution >= 4 is 33.1 Å². The molecule has 3 rings (SSSR count). The Labute approximate surface area is 162 Å². The Morgan fingerprint density at radius 1 is 1.30 bits per heavy atom. The third kappa shape index (κ3) is 4.26. The van der Waals surface area contributed by atoms with Crippen molar-refractivity contribution in [3.05, 3.63) is 45.9 Å². The summed E-state index contributed by atoms with van der Waals surface area (Å²) in [7, 11) is -3.81. The topological polar surface area (TPSA) is 96.4 Å². The van der Waals surface area contributed by atoms with E-state index in [0.29, 0.717) is 24.9 Å². The molecule has 1 aromatic carbocycles. The Morgan fingerprint density at radius 2 is 2.00 bits per heavy atom. The number of amides is 1. The van der Waals surface area contributed by atoms with Crippen LogP contribution in [-0.2, 0) is 21.4 Å². The predicted octanol–water partition coefficient (Wildman–Crippen LogP) is 2.12. The SMILES string of the molecule is CC(=O)c1ccc(S(=O)(=O)N2CCC[C@@H]2C(=O)NCc2csc(C)n2)cc1. The van der Waals surface area contributed by atoms with Crippen molar-refractivity contribution in [3.8, 4) is 0 Å². The number of carbonyl (C=O) groups is 2. The van der Waals surface area contributed by atoms with E-state index in [4.69, 9.17) is 0 Å². The molecule has 0 unspecified atom stereocenters. The average molecular weight is 408 g/mol. The van der Waals surface area contributed by atoms with E-state index in [0.717, 1.165) is 10.7 Å². The molecule has 0 radical (unpaired) electrons. The van der Waals surface area contributed by atoms with Crippen LogP contribution >= 0.6 is 11.3 Å². The average Bonchev–Trinajstić information content (AvgIpc) is 3.29. The highest BCUT2D eigenvalue weighted by atomic mass is 32.2. The first-order valence-corrected chi connectivity index (χ1v) is 10.9. The summed E-state index contributed by atoms with van der Waals surface area (Å²) in [5.74, 6) is -0.447. The zero-order valence-corrected chi connectivity index (χ0v) is 16.8. The maximum atomic E-state index is 13.0. The number of hydrogen-bond donors (Lipinski definition) is 1. The lowest BCUT2D eigenvalue weighted by atomic mass is 10.2. The Morgan fingerprint density at radius 3 is 2.59 bits per heavy atom. The van der Waals surface area contributed by atoms with Gasteiger partial charge in [-0.3, -0.25) is 9.59 Å². The minimum Gasteiger partial charge on any atom is -0.349 e. The van der Waals surface area contributed by atoms with E-state index in [2.05, 4.69) is 10.3 Å². The molecule has 144 valence electrons. The molecule has 7 nitrogen and oxygen atoms in total. The summed E-state index contributed by atoms with van der Waals surface area (Å²) in [5, 5.41) is 5.57. The molecule has 1 N–H and O–H groups in total. The van der Waals surface area contributed by atoms with Crippen LogP contribution in [0.1, 0.15) is 40.8 Å². The van der Waals surface area contributed by atoms with Crippen molar-refractivity contribution in [3.63, 3.8) is 0 Å². The van der Waals surface area contributed by atoms with Gasteiger partial charge in [0.05, 0.1) is 22.1 Å². The lowest BCUT2D eigenvalue weighted by Crippen LogP contribution is -2.45. The smallest absolute Gasteiger partial charge is 0.243 e. The maximum absolute atomic E-state index is 13.0. The zero-order chi connectivity index (χ0) is 19.6. The molecule has 0 bridgehead atoms. The van der Waals surface area contributed by atoms with Gasteiger partial charge in [0.25, 0.3) is 0 Å². The normalized spacial score (nSPS) is 17.8. The summed E-state index contributed by atoms with van der Waals surface area (Å²) in [5.41, 5.74) is 1.21. The van der Waals surface area contributed by atoms with Gasteiger partial charge in [0.15, 0.2) is 5.78 Å². The molecule has 0 saturated carbocycles. The molecule has 0 spiro atoms. The summed E-state index contributed by atoms with van der Waals surface area (Å²) >= 11 is 1.50. The highest BCUT2D eigenvalue weighted by molar-refractivity contribution is 7.89. The fourth-order valence-electron chi connectivity index (χ4n) is 3.07. The van der Waals surface area contributed by atoms with Gasteiger partial charge < -0.3 is 5.32 Å². The van der Waals surface area contributed by atoms with Crippen molar-refractivity contribution < 1.29 is 18.0 Å². The van der Waals surface area contributed by atoms with E-state index in [1.165, 1.54) is 46.8 Å². The van der Waals surface area contributed by atoms with Gasteiger partial charge in [-0.15, -0.1) is 11.3 Å². The number of aryl methyl sites for hydroxylation is 1. The third-order valence-corrected chi connectivity index (χ3v) is 7.23. The van der Waals surface area contributed by atoms with Gasteiger partial charge in [-0.1, -0.05) is 12.1 Å². The van der Waals surface area contributed by atoms with Crippen molar-refractivity contribution in [2.75, 3.05) is 6.54 Å². The van der Waals surface area contributed by atoms with E-state index in [9.17, 15) is 18.0 Å². The van der Waals surface area contributed by atoms with Crippen LogP contribution in [0.25, 0.3) is 0 Å². The molecule has 9 heteroatoms. The number of rotatable bonds is 6. The van der Waals surface area contributed by atoms with E-state index in [1.807, 2.05) is 12.3 Å². The van der Waals surface area contributed by atoms with Crippen LogP contribution in [0, 0.1) is 6.92 Å². The molecule has 1 aliphatic rings. The molecular weight excluding hydrogens is 386 g/mol. The molecule has 1 atom stereocenters. The van der Waals surface area contributed by atoms with Crippen LogP contribution in [0.5, 0.6) is 0 Å². The van der Waals surface area contributed by atoms with Crippen LogP contribution in [-0.4, -0.2) is 42.0 Å². The Bertz CT molecular complexity index is 951. The van der Waals surface area contributed by atoms with Crippen LogP contribution in [0.15, 0.2) is 34.5 Å². The fraction of sp³-hybridized carbons (Fsp3) is 0.389. The van der Waals surface area contributed by atoms with Crippen LogP contribution in [0.3, 0.4) is 0 Å². The van der Waals surface area contributed by atoms with Crippen molar-refractivity contribution in [1.29, 1.82) is 0 Å². The molecule has 0 aliphatic carbocycles. The lowest BCUT2D eigenvalue weighted by Gasteiger charge is -2.23. The molecule has 1 aliphatic heterocycles. The molecule has 1 aromatic heterocycles. The summed E-state index contributed by atoms with van der Waals surface area (Å²) in [4.78, 5) is 28.3. The van der Waals surface area contributed by atoms with E-state index in [-0.39, 0.29) is 23.1 Å². The van der Waals surface area contributed by atoms with Gasteiger partial charge in [-0.05, 0) is 38.8 Å². The van der Waals surface area contributed by atoms with Crippen LogP contribution in [0.4, 0.5) is 0 Å². The number of carbonyl (C=O) groups excluding carboxylic acids is 2. The number of hydrogen-bond acceptors (Lipinski definition) is 6. The number of Topliss-reactive ketones (excluding diaryl/α,β-unsaturated/α-hetero) is 1. The number of thiazole rings is 1. The molecule has 1 amide bonds. The van der Waals surface area contributed by atoms with Crippen molar-refractivity contribution in [1.82, 2.24) is 14.6 Å². The number of sulfonamides is 1. The fourth-order valence-corrected chi connectivity index (χ4v) is 5.34. The van der Waals surface area contributed by atoms with E-state index >= 15 is 0 Å². The Hall–Kier alpha value is -2.10. The molecule has 2 aromatic rings. The lowest BCUT2D eigenvalue weighted by molar-refractivity contribution is -0.124. The summed E-state index contributed by atoms with van der Waals surface area (Å²) in [6, 6.07) is 5.08. The number of benzene rings is 1. The maximum Gasteiger partial charge on any atom is 0.243 e. The zero-order valence-electron chi connectivity index (χ0n) is 15.1. The van der Waals surface area contributed by atoms with Crippen LogP contribution < -0.4 is 5.32 Å². The summed E-state index contributed by atoms with van der Waals surface area (Å²) < 4.78 is 27.2. The molecule has 1 fully saturated rings. The summed E-state index contributed by atoms with van der Waals surface area (Å²) in [6.07, 6.45) is 1.10. The standard InChI is InChI=1S/C18H21N3O4S2/c1-12(22)14-5-7-16(8-6-14)27(24,25)21-9-3-4-17(21)18(23)19-10-15-11-26-13(2)20-15/h5-8,11,17H,3-4,9-10H2,1-2H3,(H,19,23)/t17-/m1/s1. The first kappa shape index (κ1) is 19.7. The number of nitrogens with one attached hydrogen (secondary N) is 1. The Balaban J connectivity index is 1.73. The highest BCUT2D eigenvalue weighted by Gasteiger charge is 2.39. The van der Waals surface area contributed by atoms with Gasteiger partial charge >= 0.3 is 0 Å². The van der Waals surface area contributed by atoms with Crippen molar-refractivity contribution in [2.24, 2.45) is 0 Å². The molecule has 1 saturated heterocycles. The molecular formula is C18H21N3O4S2. The minimum absolute atomic E-state index is 0.0855. The van der Waals surface area contributed by atoms with Gasteiger partial charge in [-0.2, -0.15) is 4.31 Å². The first-order valence-electron chi connectivity index (χ1n) is 8.60. The molecule has 2 heterocycles. The monoisotopic (exact) mass is 407 g/mol.